The van der Waals surface area contributed by atoms with E-state index in [0.29, 0.717) is 18.8 Å². The second-order valence-electron chi connectivity index (χ2n) is 6.50. The molecule has 3 amide bonds. The third kappa shape index (κ3) is 4.03. The number of carbonyl (C=O) groups is 2. The van der Waals surface area contributed by atoms with Gasteiger partial charge in [0.15, 0.2) is 0 Å². The summed E-state index contributed by atoms with van der Waals surface area (Å²) >= 11 is 0. The number of nitrogens with one attached hydrogen (secondary N) is 2. The van der Waals surface area contributed by atoms with E-state index in [-0.39, 0.29) is 23.9 Å². The predicted octanol–water partition coefficient (Wildman–Crippen LogP) is 2.88. The molecular weight excluding hydrogens is 328 g/mol. The molecule has 0 aliphatic carbocycles. The first kappa shape index (κ1) is 17.9. The Morgan fingerprint density at radius 1 is 1.19 bits per heavy atom. The smallest absolute Gasteiger partial charge is 0.321 e. The van der Waals surface area contributed by atoms with Crippen molar-refractivity contribution in [1.82, 2.24) is 5.32 Å². The van der Waals surface area contributed by atoms with Gasteiger partial charge in [0.2, 0.25) is 5.91 Å². The quantitative estimate of drug-likeness (QED) is 0.773. The molecule has 1 aliphatic heterocycles. The summed E-state index contributed by atoms with van der Waals surface area (Å²) in [6, 6.07) is 16.4. The van der Waals surface area contributed by atoms with Gasteiger partial charge in [-0.2, -0.15) is 0 Å². The molecule has 6 nitrogen and oxygen atoms in total. The number of nitrogens with two attached hydrogens (primary N) is 1. The van der Waals surface area contributed by atoms with Crippen LogP contribution in [0, 0.1) is 5.92 Å². The topological polar surface area (TPSA) is 87.5 Å². The molecule has 1 heterocycles. The maximum absolute atomic E-state index is 12.6. The molecular formula is C20H24N4O2. The normalized spacial score (nSPS) is 16.5. The second-order valence-corrected chi connectivity index (χ2v) is 6.50. The van der Waals surface area contributed by atoms with E-state index in [4.69, 9.17) is 5.73 Å². The first-order valence-corrected chi connectivity index (χ1v) is 8.83. The maximum atomic E-state index is 12.6. The summed E-state index contributed by atoms with van der Waals surface area (Å²) in [6.45, 7) is 3.17. The maximum Gasteiger partial charge on any atom is 0.321 e. The number of hydrogen-bond donors (Lipinski definition) is 3. The van der Waals surface area contributed by atoms with Crippen molar-refractivity contribution < 1.29 is 9.59 Å². The molecule has 0 radical (unpaired) electrons. The van der Waals surface area contributed by atoms with E-state index in [2.05, 4.69) is 10.6 Å². The number of benzene rings is 2. The summed E-state index contributed by atoms with van der Waals surface area (Å²) in [5, 5.41) is 5.73. The van der Waals surface area contributed by atoms with Crippen LogP contribution in [0.1, 0.15) is 24.9 Å². The van der Waals surface area contributed by atoms with E-state index in [1.54, 1.807) is 4.90 Å². The van der Waals surface area contributed by atoms with Crippen molar-refractivity contribution in [1.29, 1.82) is 0 Å². The van der Waals surface area contributed by atoms with Crippen LogP contribution in [0.3, 0.4) is 0 Å². The van der Waals surface area contributed by atoms with Gasteiger partial charge in [-0.1, -0.05) is 43.3 Å². The highest BCUT2D eigenvalue weighted by atomic mass is 16.2. The number of urea groups is 1. The van der Waals surface area contributed by atoms with Gasteiger partial charge in [-0.15, -0.1) is 0 Å². The Kier molecular flexibility index (Phi) is 5.53. The molecule has 2 unspecified atom stereocenters. The minimum Gasteiger partial charge on any atom is -0.338 e. The van der Waals surface area contributed by atoms with E-state index < -0.39 is 0 Å². The molecule has 0 spiro atoms. The minimum absolute atomic E-state index is 0.112. The molecule has 1 saturated heterocycles. The lowest BCUT2D eigenvalue weighted by Gasteiger charge is -2.28. The summed E-state index contributed by atoms with van der Waals surface area (Å²) in [5.41, 5.74) is 8.58. The Morgan fingerprint density at radius 2 is 1.96 bits per heavy atom. The monoisotopic (exact) mass is 352 g/mol. The van der Waals surface area contributed by atoms with Crippen molar-refractivity contribution in [2.45, 2.75) is 19.4 Å². The molecule has 4 N–H and O–H groups in total. The predicted molar refractivity (Wildman–Crippen MR) is 103 cm³/mol. The first-order valence-electron chi connectivity index (χ1n) is 8.83. The number of amides is 3. The lowest BCUT2D eigenvalue weighted by molar-refractivity contribution is -0.120. The average Bonchev–Trinajstić information content (AvgIpc) is 2.68. The molecule has 1 aliphatic rings. The SMILES string of the molecule is CC(C(=O)Nc1cccc(N2CCCNC2=O)c1)C(N)c1ccccc1. The molecule has 6 heteroatoms. The molecule has 0 aromatic heterocycles. The third-order valence-corrected chi connectivity index (χ3v) is 4.64. The molecule has 0 bridgehead atoms. The third-order valence-electron chi connectivity index (χ3n) is 4.64. The second kappa shape index (κ2) is 8.01. The molecule has 2 aromatic rings. The lowest BCUT2D eigenvalue weighted by Crippen LogP contribution is -2.46. The fourth-order valence-electron chi connectivity index (χ4n) is 3.01. The average molecular weight is 352 g/mol. The highest BCUT2D eigenvalue weighted by molar-refractivity contribution is 5.96. The van der Waals surface area contributed by atoms with Crippen LogP contribution in [-0.4, -0.2) is 25.0 Å². The van der Waals surface area contributed by atoms with Crippen molar-refractivity contribution in [2.75, 3.05) is 23.3 Å². The van der Waals surface area contributed by atoms with E-state index in [1.165, 1.54) is 0 Å². The van der Waals surface area contributed by atoms with E-state index in [9.17, 15) is 9.59 Å². The van der Waals surface area contributed by atoms with Gasteiger partial charge in [0.1, 0.15) is 0 Å². The van der Waals surface area contributed by atoms with E-state index in [0.717, 1.165) is 17.7 Å². The summed E-state index contributed by atoms with van der Waals surface area (Å²) in [7, 11) is 0. The summed E-state index contributed by atoms with van der Waals surface area (Å²) in [4.78, 5) is 26.3. The molecule has 136 valence electrons. The highest BCUT2D eigenvalue weighted by Crippen LogP contribution is 2.24. The van der Waals surface area contributed by atoms with E-state index in [1.807, 2.05) is 61.5 Å². The first-order chi connectivity index (χ1) is 12.6. The number of nitrogens with zero attached hydrogens (tertiary/aromatic N) is 1. The van der Waals surface area contributed by atoms with Crippen LogP contribution >= 0.6 is 0 Å². The van der Waals surface area contributed by atoms with Crippen molar-refractivity contribution >= 4 is 23.3 Å². The largest absolute Gasteiger partial charge is 0.338 e. The zero-order chi connectivity index (χ0) is 18.5. The summed E-state index contributed by atoms with van der Waals surface area (Å²) in [6.07, 6.45) is 0.894. The molecule has 3 rings (SSSR count). The minimum atomic E-state index is -0.389. The summed E-state index contributed by atoms with van der Waals surface area (Å²) < 4.78 is 0. The van der Waals surface area contributed by atoms with Crippen LogP contribution in [0.5, 0.6) is 0 Å². The van der Waals surface area contributed by atoms with Gasteiger partial charge in [-0.05, 0) is 30.2 Å². The van der Waals surface area contributed by atoms with Crippen LogP contribution in [0.2, 0.25) is 0 Å². The van der Waals surface area contributed by atoms with Gasteiger partial charge >= 0.3 is 6.03 Å². The Morgan fingerprint density at radius 3 is 2.69 bits per heavy atom. The van der Waals surface area contributed by atoms with Gasteiger partial charge in [-0.25, -0.2) is 4.79 Å². The molecule has 0 saturated carbocycles. The Balaban J connectivity index is 1.69. The van der Waals surface area contributed by atoms with Crippen LogP contribution in [0.4, 0.5) is 16.2 Å². The number of carbonyl (C=O) groups excluding carboxylic acids is 2. The van der Waals surface area contributed by atoms with Crippen molar-refractivity contribution in [3.63, 3.8) is 0 Å². The van der Waals surface area contributed by atoms with Gasteiger partial charge in [0, 0.05) is 30.5 Å². The Bertz CT molecular complexity index is 778. The van der Waals surface area contributed by atoms with Crippen LogP contribution < -0.4 is 21.3 Å². The Labute approximate surface area is 153 Å². The van der Waals surface area contributed by atoms with Crippen molar-refractivity contribution in [3.8, 4) is 0 Å². The lowest BCUT2D eigenvalue weighted by atomic mass is 9.94. The fraction of sp³-hybridized carbons (Fsp3) is 0.300. The van der Waals surface area contributed by atoms with Crippen molar-refractivity contribution in [3.05, 3.63) is 60.2 Å². The van der Waals surface area contributed by atoms with Gasteiger partial charge < -0.3 is 16.4 Å². The number of hydrogen-bond acceptors (Lipinski definition) is 3. The molecule has 2 aromatic carbocycles. The van der Waals surface area contributed by atoms with Gasteiger partial charge in [0.05, 0.1) is 5.92 Å². The van der Waals surface area contributed by atoms with Crippen LogP contribution in [0.15, 0.2) is 54.6 Å². The summed E-state index contributed by atoms with van der Waals surface area (Å²) in [5.74, 6) is -0.541. The van der Waals surface area contributed by atoms with Gasteiger partial charge in [0.25, 0.3) is 0 Å². The highest BCUT2D eigenvalue weighted by Gasteiger charge is 2.23. The van der Waals surface area contributed by atoms with Crippen LogP contribution in [-0.2, 0) is 4.79 Å². The van der Waals surface area contributed by atoms with E-state index >= 15 is 0 Å². The van der Waals surface area contributed by atoms with Crippen LogP contribution in [0.25, 0.3) is 0 Å². The number of anilines is 2. The zero-order valence-corrected chi connectivity index (χ0v) is 14.8. The Hall–Kier alpha value is -2.86. The fourth-order valence-corrected chi connectivity index (χ4v) is 3.01. The molecule has 2 atom stereocenters. The molecule has 1 fully saturated rings. The van der Waals surface area contributed by atoms with Crippen molar-refractivity contribution in [2.24, 2.45) is 11.7 Å². The molecule has 26 heavy (non-hydrogen) atoms. The van der Waals surface area contributed by atoms with Gasteiger partial charge in [-0.3, -0.25) is 9.69 Å². The standard InChI is InChI=1S/C20H24N4O2/c1-14(18(21)15-7-3-2-4-8-15)19(25)23-16-9-5-10-17(13-16)24-12-6-11-22-20(24)26/h2-5,7-10,13-14,18H,6,11-12,21H2,1H3,(H,22,26)(H,23,25). The number of rotatable bonds is 5. The zero-order valence-electron chi connectivity index (χ0n) is 14.8.